The summed E-state index contributed by atoms with van der Waals surface area (Å²) in [4.78, 5) is 11.7. The van der Waals surface area contributed by atoms with Gasteiger partial charge in [0.05, 0.1) is 17.5 Å². The van der Waals surface area contributed by atoms with Crippen molar-refractivity contribution in [3.05, 3.63) is 22.7 Å². The van der Waals surface area contributed by atoms with Gasteiger partial charge in [0.2, 0.25) is 5.91 Å². The number of amides is 1. The molecule has 0 spiro atoms. The number of benzene rings is 1. The normalized spacial score (nSPS) is 14.9. The topological polar surface area (TPSA) is 67.8 Å². The van der Waals surface area contributed by atoms with Crippen molar-refractivity contribution in [3.8, 4) is 11.5 Å². The molecule has 1 amide bonds. The van der Waals surface area contributed by atoms with E-state index in [0.29, 0.717) is 29.7 Å². The van der Waals surface area contributed by atoms with Crippen molar-refractivity contribution >= 4 is 17.5 Å². The summed E-state index contributed by atoms with van der Waals surface area (Å²) in [7, 11) is 0. The van der Waals surface area contributed by atoms with Crippen molar-refractivity contribution in [2.45, 2.75) is 19.4 Å². The van der Waals surface area contributed by atoms with Crippen LogP contribution >= 0.6 is 11.6 Å². The molecule has 0 bridgehead atoms. The van der Waals surface area contributed by atoms with E-state index in [1.807, 2.05) is 0 Å². The molecule has 0 fully saturated rings. The Balaban J connectivity index is 2.05. The summed E-state index contributed by atoms with van der Waals surface area (Å²) in [6.07, 6.45) is -0.379. The minimum atomic E-state index is -0.562. The minimum absolute atomic E-state index is 0.173. The molecule has 1 aliphatic rings. The smallest absolute Gasteiger partial charge is 0.224 e. The Morgan fingerprint density at radius 2 is 2.21 bits per heavy atom. The average molecular weight is 286 g/mol. The second-order valence-electron chi connectivity index (χ2n) is 4.43. The molecule has 1 aromatic carbocycles. The molecular weight excluding hydrogens is 270 g/mol. The lowest BCUT2D eigenvalue weighted by molar-refractivity contribution is -0.120. The Kier molecular flexibility index (Phi) is 4.50. The van der Waals surface area contributed by atoms with Crippen molar-refractivity contribution < 1.29 is 19.4 Å². The van der Waals surface area contributed by atoms with Gasteiger partial charge < -0.3 is 19.9 Å². The summed E-state index contributed by atoms with van der Waals surface area (Å²) >= 11 is 6.08. The van der Waals surface area contributed by atoms with Gasteiger partial charge >= 0.3 is 0 Å². The largest absolute Gasteiger partial charge is 0.486 e. The molecule has 2 rings (SSSR count). The van der Waals surface area contributed by atoms with Crippen LogP contribution in [0.4, 0.5) is 0 Å². The van der Waals surface area contributed by atoms with Crippen LogP contribution < -0.4 is 14.8 Å². The molecule has 1 aliphatic heterocycles. The predicted molar refractivity (Wildman–Crippen MR) is 70.8 cm³/mol. The average Bonchev–Trinajstić information content (AvgIpc) is 2.36. The van der Waals surface area contributed by atoms with E-state index in [1.165, 1.54) is 0 Å². The quantitative estimate of drug-likeness (QED) is 0.871. The third-order valence-corrected chi connectivity index (χ3v) is 2.90. The summed E-state index contributed by atoms with van der Waals surface area (Å²) in [6, 6.07) is 3.44. The fourth-order valence-corrected chi connectivity index (χ4v) is 2.06. The van der Waals surface area contributed by atoms with E-state index < -0.39 is 6.10 Å². The van der Waals surface area contributed by atoms with Crippen molar-refractivity contribution in [2.75, 3.05) is 19.8 Å². The number of rotatable bonds is 4. The van der Waals surface area contributed by atoms with Crippen LogP contribution in [0.3, 0.4) is 0 Å². The fourth-order valence-electron chi connectivity index (χ4n) is 1.78. The molecule has 1 unspecified atom stereocenters. The Morgan fingerprint density at radius 3 is 2.95 bits per heavy atom. The minimum Gasteiger partial charge on any atom is -0.486 e. The summed E-state index contributed by atoms with van der Waals surface area (Å²) < 4.78 is 10.8. The highest BCUT2D eigenvalue weighted by Crippen LogP contribution is 2.38. The van der Waals surface area contributed by atoms with Gasteiger partial charge in [-0.15, -0.1) is 0 Å². The number of nitrogens with one attached hydrogen (secondary N) is 1. The Labute approximate surface area is 116 Å². The van der Waals surface area contributed by atoms with E-state index in [-0.39, 0.29) is 18.9 Å². The van der Waals surface area contributed by atoms with E-state index in [0.717, 1.165) is 5.56 Å². The lowest BCUT2D eigenvalue weighted by atomic mass is 10.1. The lowest BCUT2D eigenvalue weighted by Crippen LogP contribution is -2.31. The second-order valence-corrected chi connectivity index (χ2v) is 4.84. The second kappa shape index (κ2) is 6.12. The molecule has 0 saturated carbocycles. The van der Waals surface area contributed by atoms with Gasteiger partial charge in [-0.3, -0.25) is 4.79 Å². The van der Waals surface area contributed by atoms with Gasteiger partial charge in [0.15, 0.2) is 11.5 Å². The first-order chi connectivity index (χ1) is 9.06. The number of aliphatic hydroxyl groups is 1. The molecular formula is C13H16ClNO4. The van der Waals surface area contributed by atoms with Gasteiger partial charge in [0, 0.05) is 6.54 Å². The van der Waals surface area contributed by atoms with Crippen molar-refractivity contribution in [3.63, 3.8) is 0 Å². The molecule has 2 N–H and O–H groups in total. The van der Waals surface area contributed by atoms with Crippen molar-refractivity contribution in [1.29, 1.82) is 0 Å². The molecule has 0 radical (unpaired) electrons. The van der Waals surface area contributed by atoms with Crippen LogP contribution in [0.2, 0.25) is 5.02 Å². The Hall–Kier alpha value is -1.46. The van der Waals surface area contributed by atoms with E-state index >= 15 is 0 Å². The number of hydrogen-bond acceptors (Lipinski definition) is 4. The number of fused-ring (bicyclic) bond motifs is 1. The molecule has 0 saturated heterocycles. The first kappa shape index (κ1) is 14.0. The van der Waals surface area contributed by atoms with Crippen LogP contribution in [0.25, 0.3) is 0 Å². The van der Waals surface area contributed by atoms with Gasteiger partial charge in [0.25, 0.3) is 0 Å². The third-order valence-electron chi connectivity index (χ3n) is 2.62. The van der Waals surface area contributed by atoms with Crippen LogP contribution in [-0.2, 0) is 11.2 Å². The monoisotopic (exact) mass is 285 g/mol. The molecule has 104 valence electrons. The molecule has 5 nitrogen and oxygen atoms in total. The summed E-state index contributed by atoms with van der Waals surface area (Å²) in [6.45, 7) is 2.79. The third kappa shape index (κ3) is 3.75. The zero-order valence-electron chi connectivity index (χ0n) is 10.6. The molecule has 1 aromatic rings. The molecule has 6 heteroatoms. The Bertz CT molecular complexity index is 476. The van der Waals surface area contributed by atoms with Crippen LogP contribution in [0.15, 0.2) is 12.1 Å². The SMILES string of the molecule is CC(O)CNC(=O)Cc1cc(Cl)c2c(c1)OCCO2. The Morgan fingerprint density at radius 1 is 1.47 bits per heavy atom. The van der Waals surface area contributed by atoms with E-state index in [9.17, 15) is 4.79 Å². The number of ether oxygens (including phenoxy) is 2. The highest BCUT2D eigenvalue weighted by atomic mass is 35.5. The summed E-state index contributed by atoms with van der Waals surface area (Å²) in [5, 5.41) is 12.2. The van der Waals surface area contributed by atoms with E-state index in [2.05, 4.69) is 5.32 Å². The van der Waals surface area contributed by atoms with Crippen LogP contribution in [0.1, 0.15) is 12.5 Å². The number of carbonyl (C=O) groups is 1. The maximum Gasteiger partial charge on any atom is 0.224 e. The standard InChI is InChI=1S/C13H16ClNO4/c1-8(16)7-15-12(17)6-9-4-10(14)13-11(5-9)18-2-3-19-13/h4-5,8,16H,2-3,6-7H2,1H3,(H,15,17). The predicted octanol–water partition coefficient (Wildman–Crippen LogP) is 1.15. The molecule has 0 aromatic heterocycles. The number of hydrogen-bond donors (Lipinski definition) is 2. The maximum atomic E-state index is 11.7. The zero-order valence-corrected chi connectivity index (χ0v) is 11.4. The molecule has 19 heavy (non-hydrogen) atoms. The first-order valence-corrected chi connectivity index (χ1v) is 6.47. The van der Waals surface area contributed by atoms with Gasteiger partial charge in [-0.1, -0.05) is 11.6 Å². The van der Waals surface area contributed by atoms with Crippen molar-refractivity contribution in [2.24, 2.45) is 0 Å². The zero-order chi connectivity index (χ0) is 13.8. The summed E-state index contributed by atoms with van der Waals surface area (Å²) in [5.41, 5.74) is 0.748. The number of carbonyl (C=O) groups excluding carboxylic acids is 1. The van der Waals surface area contributed by atoms with Gasteiger partial charge in [0.1, 0.15) is 13.2 Å². The van der Waals surface area contributed by atoms with E-state index in [1.54, 1.807) is 19.1 Å². The van der Waals surface area contributed by atoms with Gasteiger partial charge in [-0.2, -0.15) is 0 Å². The fraction of sp³-hybridized carbons (Fsp3) is 0.462. The molecule has 0 aliphatic carbocycles. The lowest BCUT2D eigenvalue weighted by Gasteiger charge is -2.20. The number of halogens is 1. The van der Waals surface area contributed by atoms with Gasteiger partial charge in [-0.05, 0) is 24.6 Å². The highest BCUT2D eigenvalue weighted by molar-refractivity contribution is 6.32. The molecule has 1 atom stereocenters. The highest BCUT2D eigenvalue weighted by Gasteiger charge is 2.17. The van der Waals surface area contributed by atoms with Crippen molar-refractivity contribution in [1.82, 2.24) is 5.32 Å². The van der Waals surface area contributed by atoms with Crippen LogP contribution in [0, 0.1) is 0 Å². The van der Waals surface area contributed by atoms with Crippen LogP contribution in [-0.4, -0.2) is 36.9 Å². The molecule has 1 heterocycles. The first-order valence-electron chi connectivity index (χ1n) is 6.09. The number of aliphatic hydroxyl groups excluding tert-OH is 1. The van der Waals surface area contributed by atoms with Crippen LogP contribution in [0.5, 0.6) is 11.5 Å². The maximum absolute atomic E-state index is 11.7. The van der Waals surface area contributed by atoms with E-state index in [4.69, 9.17) is 26.2 Å². The van der Waals surface area contributed by atoms with Gasteiger partial charge in [-0.25, -0.2) is 0 Å². The summed E-state index contributed by atoms with van der Waals surface area (Å²) in [5.74, 6) is 0.923.